The summed E-state index contributed by atoms with van der Waals surface area (Å²) in [6, 6.07) is 0. The second kappa shape index (κ2) is 9.60. The summed E-state index contributed by atoms with van der Waals surface area (Å²) in [5, 5.41) is 3.81. The van der Waals surface area contributed by atoms with Gasteiger partial charge in [0.05, 0.1) is 19.6 Å². The maximum absolute atomic E-state index is 12.1. The van der Waals surface area contributed by atoms with E-state index in [1.807, 2.05) is 6.26 Å². The number of esters is 2. The number of methoxy groups -OCH3 is 1. The van der Waals surface area contributed by atoms with Crippen LogP contribution in [-0.4, -0.2) is 48.4 Å². The Labute approximate surface area is 152 Å². The lowest BCUT2D eigenvalue weighted by Crippen LogP contribution is -2.33. The molecule has 1 aromatic heterocycles. The van der Waals surface area contributed by atoms with Crippen LogP contribution in [-0.2, 0) is 14.3 Å². The predicted octanol–water partition coefficient (Wildman–Crippen LogP) is 2.77. The van der Waals surface area contributed by atoms with E-state index in [1.54, 1.807) is 6.92 Å². The average molecular weight is 367 g/mol. The number of nitrogens with one attached hydrogen (secondary N) is 1. The zero-order valence-electron chi connectivity index (χ0n) is 14.9. The van der Waals surface area contributed by atoms with E-state index in [2.05, 4.69) is 15.3 Å². The minimum atomic E-state index is -0.453. The van der Waals surface area contributed by atoms with Crippen molar-refractivity contribution < 1.29 is 19.1 Å². The first-order valence-corrected chi connectivity index (χ1v) is 9.73. The molecule has 0 spiro atoms. The third-order valence-corrected chi connectivity index (χ3v) is 4.95. The Morgan fingerprint density at radius 3 is 2.80 bits per heavy atom. The lowest BCUT2D eigenvalue weighted by Gasteiger charge is -2.29. The van der Waals surface area contributed by atoms with E-state index in [-0.39, 0.29) is 24.4 Å². The first-order chi connectivity index (χ1) is 12.1. The van der Waals surface area contributed by atoms with E-state index >= 15 is 0 Å². The number of hydrogen-bond acceptors (Lipinski definition) is 8. The van der Waals surface area contributed by atoms with E-state index < -0.39 is 5.97 Å². The van der Waals surface area contributed by atoms with Crippen LogP contribution in [0.1, 0.15) is 43.0 Å². The van der Waals surface area contributed by atoms with Crippen LogP contribution in [0.25, 0.3) is 0 Å². The van der Waals surface area contributed by atoms with Gasteiger partial charge in [-0.3, -0.25) is 4.79 Å². The fourth-order valence-corrected chi connectivity index (χ4v) is 3.44. The largest absolute Gasteiger partial charge is 0.469 e. The Morgan fingerprint density at radius 1 is 1.36 bits per heavy atom. The minimum absolute atomic E-state index is 0.112. The summed E-state index contributed by atoms with van der Waals surface area (Å²) in [6.45, 7) is 2.59. The van der Waals surface area contributed by atoms with Gasteiger partial charge in [0.2, 0.25) is 0 Å². The molecule has 138 valence electrons. The third kappa shape index (κ3) is 5.07. The van der Waals surface area contributed by atoms with Crippen molar-refractivity contribution in [3.05, 3.63) is 11.8 Å². The van der Waals surface area contributed by atoms with Gasteiger partial charge in [0.25, 0.3) is 0 Å². The molecule has 2 unspecified atom stereocenters. The van der Waals surface area contributed by atoms with Gasteiger partial charge in [-0.2, -0.15) is 0 Å². The van der Waals surface area contributed by atoms with Gasteiger partial charge in [0, 0.05) is 12.7 Å². The highest BCUT2D eigenvalue weighted by Gasteiger charge is 2.32. The second-order valence-corrected chi connectivity index (χ2v) is 6.67. The summed E-state index contributed by atoms with van der Waals surface area (Å²) in [4.78, 5) is 32.7. The van der Waals surface area contributed by atoms with Gasteiger partial charge in [0.15, 0.2) is 5.16 Å². The van der Waals surface area contributed by atoms with E-state index in [9.17, 15) is 9.59 Å². The first kappa shape index (κ1) is 19.5. The fourth-order valence-electron chi connectivity index (χ4n) is 3.10. The number of ether oxygens (including phenoxy) is 2. The van der Waals surface area contributed by atoms with Gasteiger partial charge in [0.1, 0.15) is 11.4 Å². The summed E-state index contributed by atoms with van der Waals surface area (Å²) >= 11 is 1.40. The van der Waals surface area contributed by atoms with Crippen molar-refractivity contribution in [2.45, 2.75) is 37.8 Å². The minimum Gasteiger partial charge on any atom is -0.469 e. The summed E-state index contributed by atoms with van der Waals surface area (Å²) < 4.78 is 10.0. The van der Waals surface area contributed by atoms with Crippen molar-refractivity contribution in [3.63, 3.8) is 0 Å². The summed E-state index contributed by atoms with van der Waals surface area (Å²) in [7, 11) is 1.43. The Balaban J connectivity index is 2.14. The van der Waals surface area contributed by atoms with Gasteiger partial charge in [-0.15, -0.1) is 0 Å². The molecule has 0 radical (unpaired) electrons. The highest BCUT2D eigenvalue weighted by atomic mass is 32.2. The molecular formula is C17H25N3O4S. The van der Waals surface area contributed by atoms with Crippen LogP contribution in [0.4, 0.5) is 5.82 Å². The molecule has 7 nitrogen and oxygen atoms in total. The fraction of sp³-hybridized carbons (Fsp3) is 0.647. The topological polar surface area (TPSA) is 90.4 Å². The first-order valence-electron chi connectivity index (χ1n) is 8.50. The van der Waals surface area contributed by atoms with Crippen molar-refractivity contribution in [1.82, 2.24) is 9.97 Å². The van der Waals surface area contributed by atoms with E-state index in [0.29, 0.717) is 23.1 Å². The molecule has 1 N–H and O–H groups in total. The molecule has 0 aromatic carbocycles. The monoisotopic (exact) mass is 367 g/mol. The Bertz CT molecular complexity index is 612. The van der Waals surface area contributed by atoms with Crippen LogP contribution in [0.2, 0.25) is 0 Å². The summed E-state index contributed by atoms with van der Waals surface area (Å²) in [6.07, 6.45) is 7.26. The quantitative estimate of drug-likeness (QED) is 0.447. The zero-order chi connectivity index (χ0) is 18.2. The van der Waals surface area contributed by atoms with Gasteiger partial charge < -0.3 is 14.8 Å². The van der Waals surface area contributed by atoms with Crippen molar-refractivity contribution in [2.24, 2.45) is 11.8 Å². The molecule has 1 saturated carbocycles. The molecule has 2 rings (SSSR count). The number of anilines is 1. The number of carbonyl (C=O) groups is 2. The number of aromatic nitrogens is 2. The number of thioether (sulfide) groups is 1. The number of carbonyl (C=O) groups excluding carboxylic acids is 2. The number of rotatable bonds is 7. The van der Waals surface area contributed by atoms with Gasteiger partial charge >= 0.3 is 11.9 Å². The van der Waals surface area contributed by atoms with E-state index in [1.165, 1.54) is 25.1 Å². The standard InChI is InChI=1S/C17H25N3O4S/c1-4-24-16(22)13-10-19-17(25-3)20-14(13)18-9-11-7-5-6-8-12(11)15(21)23-2/h10-12H,4-9H2,1-3H3,(H,18,19,20). The predicted molar refractivity (Wildman–Crippen MR) is 95.7 cm³/mol. The summed E-state index contributed by atoms with van der Waals surface area (Å²) in [5.41, 5.74) is 0.310. The van der Waals surface area contributed by atoms with Crippen LogP contribution in [0, 0.1) is 11.8 Å². The molecule has 1 aliphatic rings. The van der Waals surface area contributed by atoms with Crippen LogP contribution >= 0.6 is 11.8 Å². The van der Waals surface area contributed by atoms with Crippen molar-refractivity contribution in [2.75, 3.05) is 31.8 Å². The molecule has 2 atom stereocenters. The second-order valence-electron chi connectivity index (χ2n) is 5.89. The molecule has 1 aromatic rings. The number of hydrogen-bond donors (Lipinski definition) is 1. The molecule has 0 aliphatic heterocycles. The lowest BCUT2D eigenvalue weighted by atomic mass is 9.79. The molecule has 0 amide bonds. The van der Waals surface area contributed by atoms with Gasteiger partial charge in [-0.05, 0) is 31.9 Å². The van der Waals surface area contributed by atoms with Gasteiger partial charge in [-0.1, -0.05) is 24.6 Å². The van der Waals surface area contributed by atoms with Gasteiger partial charge in [-0.25, -0.2) is 14.8 Å². The number of nitrogens with zero attached hydrogens (tertiary/aromatic N) is 2. The molecule has 1 heterocycles. The maximum atomic E-state index is 12.1. The normalized spacial score (nSPS) is 20.0. The SMILES string of the molecule is CCOC(=O)c1cnc(SC)nc1NCC1CCCCC1C(=O)OC. The zero-order valence-corrected chi connectivity index (χ0v) is 15.7. The molecular weight excluding hydrogens is 342 g/mol. The highest BCUT2D eigenvalue weighted by molar-refractivity contribution is 7.98. The lowest BCUT2D eigenvalue weighted by molar-refractivity contribution is -0.148. The maximum Gasteiger partial charge on any atom is 0.343 e. The third-order valence-electron chi connectivity index (χ3n) is 4.39. The molecule has 0 saturated heterocycles. The van der Waals surface area contributed by atoms with Crippen molar-refractivity contribution in [1.29, 1.82) is 0 Å². The van der Waals surface area contributed by atoms with E-state index in [4.69, 9.17) is 9.47 Å². The van der Waals surface area contributed by atoms with Crippen LogP contribution in [0.15, 0.2) is 11.4 Å². The Hall–Kier alpha value is -1.83. The van der Waals surface area contributed by atoms with Crippen molar-refractivity contribution >= 4 is 29.5 Å². The van der Waals surface area contributed by atoms with Crippen LogP contribution < -0.4 is 5.32 Å². The Kier molecular flexibility index (Phi) is 7.49. The Morgan fingerprint density at radius 2 is 2.12 bits per heavy atom. The van der Waals surface area contributed by atoms with Crippen LogP contribution in [0.5, 0.6) is 0 Å². The van der Waals surface area contributed by atoms with Crippen LogP contribution in [0.3, 0.4) is 0 Å². The summed E-state index contributed by atoms with van der Waals surface area (Å²) in [5.74, 6) is -0.120. The highest BCUT2D eigenvalue weighted by Crippen LogP contribution is 2.31. The van der Waals surface area contributed by atoms with Crippen molar-refractivity contribution in [3.8, 4) is 0 Å². The molecule has 1 aliphatic carbocycles. The molecule has 0 bridgehead atoms. The molecule has 8 heteroatoms. The smallest absolute Gasteiger partial charge is 0.343 e. The van der Waals surface area contributed by atoms with E-state index in [0.717, 1.165) is 25.7 Å². The average Bonchev–Trinajstić information content (AvgIpc) is 2.65. The molecule has 25 heavy (non-hydrogen) atoms. The molecule has 1 fully saturated rings.